The van der Waals surface area contributed by atoms with E-state index in [9.17, 15) is 9.18 Å². The number of nitrogens with one attached hydrogen (secondary N) is 1. The lowest BCUT2D eigenvalue weighted by Crippen LogP contribution is -2.43. The lowest BCUT2D eigenvalue weighted by atomic mass is 10.0. The van der Waals surface area contributed by atoms with Crippen molar-refractivity contribution < 1.29 is 13.9 Å². The van der Waals surface area contributed by atoms with Gasteiger partial charge in [0.25, 0.3) is 5.91 Å². The summed E-state index contributed by atoms with van der Waals surface area (Å²) in [5, 5.41) is 3.44. The molecule has 1 heterocycles. The summed E-state index contributed by atoms with van der Waals surface area (Å²) in [6.07, 6.45) is 0.531. The number of hydrogen-bond donors (Lipinski definition) is 1. The summed E-state index contributed by atoms with van der Waals surface area (Å²) in [7, 11) is 0. The maximum atomic E-state index is 13.4. The molecule has 142 valence electrons. The van der Waals surface area contributed by atoms with Crippen molar-refractivity contribution in [1.82, 2.24) is 0 Å². The molecular formula is C23H21FN2O2. The van der Waals surface area contributed by atoms with Gasteiger partial charge in [-0.25, -0.2) is 4.39 Å². The van der Waals surface area contributed by atoms with E-state index in [-0.39, 0.29) is 11.7 Å². The first-order valence-corrected chi connectivity index (χ1v) is 9.35. The highest BCUT2D eigenvalue weighted by molar-refractivity contribution is 6.12. The Labute approximate surface area is 163 Å². The molecule has 0 aliphatic carbocycles. The van der Waals surface area contributed by atoms with Gasteiger partial charge in [0.15, 0.2) is 0 Å². The number of carbonyl (C=O) groups excluding carboxylic acids is 1. The largest absolute Gasteiger partial charge is 0.494 e. The van der Waals surface area contributed by atoms with Crippen LogP contribution in [-0.2, 0) is 0 Å². The molecule has 0 unspecified atom stereocenters. The molecule has 3 aromatic rings. The Morgan fingerprint density at radius 1 is 1.00 bits per heavy atom. The van der Waals surface area contributed by atoms with E-state index in [1.165, 1.54) is 12.1 Å². The van der Waals surface area contributed by atoms with Crippen LogP contribution in [-0.4, -0.2) is 12.5 Å². The molecule has 1 N–H and O–H groups in total. The highest BCUT2D eigenvalue weighted by atomic mass is 19.1. The Morgan fingerprint density at radius 3 is 2.43 bits per heavy atom. The quantitative estimate of drug-likeness (QED) is 0.649. The highest BCUT2D eigenvalue weighted by Gasteiger charge is 2.33. The standard InChI is InChI=1S/C23H21FN2O2/c1-2-15-28-19-13-7-16(8-14-19)22-25-21-6-4-3-5-20(21)23(27)26(22)18-11-9-17(24)10-12-18/h3-14,22,25H,2,15H2,1H3/t22-/m0/s1. The number of ether oxygens (including phenoxy) is 1. The van der Waals surface area contributed by atoms with Crippen molar-refractivity contribution in [2.24, 2.45) is 0 Å². The molecule has 3 aromatic carbocycles. The van der Waals surface area contributed by atoms with Gasteiger partial charge in [0, 0.05) is 11.4 Å². The lowest BCUT2D eigenvalue weighted by Gasteiger charge is -2.38. The van der Waals surface area contributed by atoms with Crippen LogP contribution in [0.15, 0.2) is 72.8 Å². The molecule has 0 saturated heterocycles. The van der Waals surface area contributed by atoms with Crippen molar-refractivity contribution in [1.29, 1.82) is 0 Å². The first kappa shape index (κ1) is 18.0. The molecule has 5 heteroatoms. The predicted molar refractivity (Wildman–Crippen MR) is 108 cm³/mol. The third-order valence-corrected chi connectivity index (χ3v) is 4.70. The molecule has 1 atom stereocenters. The fourth-order valence-corrected chi connectivity index (χ4v) is 3.32. The van der Waals surface area contributed by atoms with Crippen LogP contribution < -0.4 is 15.0 Å². The normalized spacial score (nSPS) is 15.7. The smallest absolute Gasteiger partial charge is 0.262 e. The Bertz CT molecular complexity index is 971. The number of halogens is 1. The highest BCUT2D eigenvalue weighted by Crippen LogP contribution is 2.37. The zero-order valence-electron chi connectivity index (χ0n) is 15.6. The molecule has 1 aliphatic heterocycles. The third-order valence-electron chi connectivity index (χ3n) is 4.70. The monoisotopic (exact) mass is 376 g/mol. The first-order chi connectivity index (χ1) is 13.7. The number of fused-ring (bicyclic) bond motifs is 1. The van der Waals surface area contributed by atoms with Crippen molar-refractivity contribution in [3.05, 3.63) is 89.7 Å². The maximum Gasteiger partial charge on any atom is 0.262 e. The van der Waals surface area contributed by atoms with Crippen LogP contribution >= 0.6 is 0 Å². The van der Waals surface area contributed by atoms with Gasteiger partial charge in [-0.3, -0.25) is 9.69 Å². The number of carbonyl (C=O) groups is 1. The summed E-state index contributed by atoms with van der Waals surface area (Å²) in [6, 6.07) is 21.1. The molecule has 0 aromatic heterocycles. The Hall–Kier alpha value is -3.34. The van der Waals surface area contributed by atoms with Crippen LogP contribution in [0.4, 0.5) is 15.8 Å². The predicted octanol–water partition coefficient (Wildman–Crippen LogP) is 5.39. The van der Waals surface area contributed by atoms with Crippen LogP contribution in [0.5, 0.6) is 5.75 Å². The second-order valence-electron chi connectivity index (χ2n) is 6.66. The molecular weight excluding hydrogens is 355 g/mol. The van der Waals surface area contributed by atoms with E-state index in [1.54, 1.807) is 23.1 Å². The molecule has 0 bridgehead atoms. The number of hydrogen-bond acceptors (Lipinski definition) is 3. The van der Waals surface area contributed by atoms with Gasteiger partial charge in [-0.2, -0.15) is 0 Å². The van der Waals surface area contributed by atoms with Crippen molar-refractivity contribution in [3.63, 3.8) is 0 Å². The van der Waals surface area contributed by atoms with Crippen molar-refractivity contribution in [3.8, 4) is 5.75 Å². The summed E-state index contributed by atoms with van der Waals surface area (Å²) < 4.78 is 19.1. The summed E-state index contributed by atoms with van der Waals surface area (Å²) in [4.78, 5) is 14.9. The van der Waals surface area contributed by atoms with Crippen molar-refractivity contribution in [2.45, 2.75) is 19.5 Å². The second kappa shape index (κ2) is 7.72. The molecule has 4 rings (SSSR count). The fourth-order valence-electron chi connectivity index (χ4n) is 3.32. The van der Waals surface area contributed by atoms with Gasteiger partial charge in [-0.1, -0.05) is 31.2 Å². The van der Waals surface area contributed by atoms with Crippen LogP contribution in [0, 0.1) is 5.82 Å². The van der Waals surface area contributed by atoms with Crippen molar-refractivity contribution in [2.75, 3.05) is 16.8 Å². The number of para-hydroxylation sites is 1. The second-order valence-corrected chi connectivity index (χ2v) is 6.66. The maximum absolute atomic E-state index is 13.4. The number of anilines is 2. The number of benzene rings is 3. The molecule has 0 radical (unpaired) electrons. The average Bonchev–Trinajstić information content (AvgIpc) is 2.73. The SMILES string of the molecule is CCCOc1ccc([C@H]2Nc3ccccc3C(=O)N2c2ccc(F)cc2)cc1. The van der Waals surface area contributed by atoms with E-state index in [1.807, 2.05) is 42.5 Å². The molecule has 1 aliphatic rings. The molecule has 1 amide bonds. The zero-order valence-corrected chi connectivity index (χ0v) is 15.6. The van der Waals surface area contributed by atoms with E-state index in [0.29, 0.717) is 17.9 Å². The average molecular weight is 376 g/mol. The molecule has 4 nitrogen and oxygen atoms in total. The third kappa shape index (κ3) is 3.43. The summed E-state index contributed by atoms with van der Waals surface area (Å²) in [6.45, 7) is 2.72. The molecule has 0 fully saturated rings. The first-order valence-electron chi connectivity index (χ1n) is 9.35. The van der Waals surface area contributed by atoms with Gasteiger partial charge >= 0.3 is 0 Å². The Kier molecular flexibility index (Phi) is 4.98. The number of nitrogens with zero attached hydrogens (tertiary/aromatic N) is 1. The summed E-state index contributed by atoms with van der Waals surface area (Å²) >= 11 is 0. The minimum atomic E-state index is -0.409. The zero-order chi connectivity index (χ0) is 19.5. The van der Waals surface area contributed by atoms with E-state index in [4.69, 9.17) is 4.74 Å². The molecule has 0 spiro atoms. The summed E-state index contributed by atoms with van der Waals surface area (Å²) in [5.74, 6) is 0.328. The lowest BCUT2D eigenvalue weighted by molar-refractivity contribution is 0.0975. The van der Waals surface area contributed by atoms with E-state index >= 15 is 0 Å². The van der Waals surface area contributed by atoms with E-state index in [2.05, 4.69) is 12.2 Å². The minimum absolute atomic E-state index is 0.128. The van der Waals surface area contributed by atoms with Gasteiger partial charge in [0.05, 0.1) is 12.2 Å². The topological polar surface area (TPSA) is 41.6 Å². The van der Waals surface area contributed by atoms with Gasteiger partial charge in [-0.15, -0.1) is 0 Å². The molecule has 28 heavy (non-hydrogen) atoms. The number of amides is 1. The summed E-state index contributed by atoms with van der Waals surface area (Å²) in [5.41, 5.74) is 2.91. The fraction of sp³-hybridized carbons (Fsp3) is 0.174. The van der Waals surface area contributed by atoms with Crippen LogP contribution in [0.3, 0.4) is 0 Å². The van der Waals surface area contributed by atoms with Crippen LogP contribution in [0.2, 0.25) is 0 Å². The van der Waals surface area contributed by atoms with Gasteiger partial charge in [-0.05, 0) is 60.5 Å². The van der Waals surface area contributed by atoms with E-state index in [0.717, 1.165) is 23.4 Å². The van der Waals surface area contributed by atoms with Crippen LogP contribution in [0.25, 0.3) is 0 Å². The van der Waals surface area contributed by atoms with Crippen molar-refractivity contribution >= 4 is 17.3 Å². The Balaban J connectivity index is 1.74. The Morgan fingerprint density at radius 2 is 1.71 bits per heavy atom. The molecule has 0 saturated carbocycles. The van der Waals surface area contributed by atoms with Gasteiger partial charge < -0.3 is 10.1 Å². The minimum Gasteiger partial charge on any atom is -0.494 e. The van der Waals surface area contributed by atoms with Gasteiger partial charge in [0.1, 0.15) is 17.7 Å². The number of rotatable bonds is 5. The van der Waals surface area contributed by atoms with Gasteiger partial charge in [0.2, 0.25) is 0 Å². The van der Waals surface area contributed by atoms with E-state index < -0.39 is 6.17 Å². The van der Waals surface area contributed by atoms with Crippen LogP contribution in [0.1, 0.15) is 35.4 Å².